The van der Waals surface area contributed by atoms with E-state index in [2.05, 4.69) is 9.88 Å². The second-order valence-corrected chi connectivity index (χ2v) is 6.93. The van der Waals surface area contributed by atoms with Crippen LogP contribution >= 0.6 is 0 Å². The maximum atomic E-state index is 14.1. The van der Waals surface area contributed by atoms with Gasteiger partial charge < -0.3 is 9.26 Å². The van der Waals surface area contributed by atoms with Gasteiger partial charge >= 0.3 is 0 Å². The van der Waals surface area contributed by atoms with E-state index in [1.165, 1.54) is 18.2 Å². The highest BCUT2D eigenvalue weighted by molar-refractivity contribution is 7.92. The van der Waals surface area contributed by atoms with Crippen molar-refractivity contribution in [3.05, 3.63) is 35.8 Å². The Morgan fingerprint density at radius 3 is 2.77 bits per heavy atom. The molecule has 1 saturated carbocycles. The highest BCUT2D eigenvalue weighted by Gasteiger charge is 2.23. The summed E-state index contributed by atoms with van der Waals surface area (Å²) in [5.74, 6) is 0.429. The number of aryl methyl sites for hydroxylation is 1. The van der Waals surface area contributed by atoms with Crippen molar-refractivity contribution < 1.29 is 22.1 Å². The summed E-state index contributed by atoms with van der Waals surface area (Å²) >= 11 is 0. The molecule has 2 aromatic rings. The molecule has 1 heterocycles. The van der Waals surface area contributed by atoms with E-state index in [1.807, 2.05) is 0 Å². The number of nitrogens with one attached hydrogen (secondary N) is 1. The SMILES string of the molecule is Cc1cc(NS(=O)(=O)c2ccc(OCC3CC3)cc2F)no1. The maximum absolute atomic E-state index is 14.1. The van der Waals surface area contributed by atoms with Gasteiger partial charge in [0.25, 0.3) is 10.0 Å². The quantitative estimate of drug-likeness (QED) is 0.882. The number of anilines is 1. The molecule has 3 rings (SSSR count). The van der Waals surface area contributed by atoms with Crippen LogP contribution in [0.5, 0.6) is 5.75 Å². The molecule has 0 radical (unpaired) electrons. The molecule has 1 aromatic carbocycles. The topological polar surface area (TPSA) is 81.4 Å². The van der Waals surface area contributed by atoms with Crippen molar-refractivity contribution in [2.24, 2.45) is 5.92 Å². The summed E-state index contributed by atoms with van der Waals surface area (Å²) in [5.41, 5.74) is 0. The Morgan fingerprint density at radius 1 is 1.41 bits per heavy atom. The number of rotatable bonds is 6. The van der Waals surface area contributed by atoms with Gasteiger partial charge in [0.15, 0.2) is 5.82 Å². The number of sulfonamides is 1. The Morgan fingerprint density at radius 2 is 2.18 bits per heavy atom. The number of benzene rings is 1. The first kappa shape index (κ1) is 14.8. The number of aromatic nitrogens is 1. The van der Waals surface area contributed by atoms with Crippen LogP contribution in [0.4, 0.5) is 10.2 Å². The van der Waals surface area contributed by atoms with Crippen LogP contribution in [0.25, 0.3) is 0 Å². The Bertz CT molecular complexity index is 784. The normalized spacial score (nSPS) is 14.8. The average Bonchev–Trinajstić information content (AvgIpc) is 3.19. The molecule has 0 aliphatic heterocycles. The Hall–Kier alpha value is -2.09. The maximum Gasteiger partial charge on any atom is 0.266 e. The summed E-state index contributed by atoms with van der Waals surface area (Å²) in [6.07, 6.45) is 2.24. The van der Waals surface area contributed by atoms with Crippen LogP contribution in [0.2, 0.25) is 0 Å². The zero-order chi connectivity index (χ0) is 15.7. The molecule has 0 atom stereocenters. The Labute approximate surface area is 127 Å². The largest absolute Gasteiger partial charge is 0.493 e. The van der Waals surface area contributed by atoms with E-state index >= 15 is 0 Å². The van der Waals surface area contributed by atoms with Crippen LogP contribution in [0.3, 0.4) is 0 Å². The van der Waals surface area contributed by atoms with Crippen molar-refractivity contribution in [3.8, 4) is 5.75 Å². The van der Waals surface area contributed by atoms with Crippen LogP contribution in [0, 0.1) is 18.7 Å². The molecular weight excluding hydrogens is 311 g/mol. The van der Waals surface area contributed by atoms with Gasteiger partial charge in [-0.2, -0.15) is 0 Å². The minimum Gasteiger partial charge on any atom is -0.493 e. The molecule has 1 fully saturated rings. The third-order valence-electron chi connectivity index (χ3n) is 3.24. The molecule has 0 amide bonds. The molecule has 1 N–H and O–H groups in total. The summed E-state index contributed by atoms with van der Waals surface area (Å²) < 4.78 is 50.7. The lowest BCUT2D eigenvalue weighted by atomic mass is 10.3. The van der Waals surface area contributed by atoms with E-state index in [9.17, 15) is 12.8 Å². The minimum atomic E-state index is -4.07. The molecular formula is C14H15FN2O4S. The second kappa shape index (κ2) is 5.60. The molecule has 6 nitrogen and oxygen atoms in total. The monoisotopic (exact) mass is 326 g/mol. The van der Waals surface area contributed by atoms with Crippen LogP contribution in [-0.4, -0.2) is 20.2 Å². The van der Waals surface area contributed by atoms with E-state index in [1.54, 1.807) is 6.92 Å². The molecule has 0 bridgehead atoms. The lowest BCUT2D eigenvalue weighted by Gasteiger charge is -2.09. The van der Waals surface area contributed by atoms with Crippen molar-refractivity contribution in [1.29, 1.82) is 0 Å². The van der Waals surface area contributed by atoms with E-state index in [4.69, 9.17) is 9.26 Å². The van der Waals surface area contributed by atoms with Gasteiger partial charge in [0.05, 0.1) is 6.61 Å². The lowest BCUT2D eigenvalue weighted by molar-refractivity contribution is 0.298. The van der Waals surface area contributed by atoms with Crippen LogP contribution in [0.1, 0.15) is 18.6 Å². The summed E-state index contributed by atoms with van der Waals surface area (Å²) in [6, 6.07) is 5.09. The van der Waals surface area contributed by atoms with E-state index < -0.39 is 20.7 Å². The number of nitrogens with zero attached hydrogens (tertiary/aromatic N) is 1. The molecule has 8 heteroatoms. The fraction of sp³-hybridized carbons (Fsp3) is 0.357. The van der Waals surface area contributed by atoms with E-state index in [-0.39, 0.29) is 5.82 Å². The summed E-state index contributed by atoms with van der Waals surface area (Å²) in [6.45, 7) is 2.15. The third-order valence-corrected chi connectivity index (χ3v) is 4.63. The molecule has 1 aliphatic carbocycles. The Balaban J connectivity index is 1.77. The molecule has 0 spiro atoms. The summed E-state index contributed by atoms with van der Waals surface area (Å²) in [7, 11) is -4.07. The average molecular weight is 326 g/mol. The number of ether oxygens (including phenoxy) is 1. The molecule has 0 saturated heterocycles. The first-order valence-corrected chi connectivity index (χ1v) is 8.31. The fourth-order valence-corrected chi connectivity index (χ4v) is 2.94. The van der Waals surface area contributed by atoms with Gasteiger partial charge in [-0.25, -0.2) is 12.8 Å². The lowest BCUT2D eigenvalue weighted by Crippen LogP contribution is -2.15. The van der Waals surface area contributed by atoms with Crippen LogP contribution in [0.15, 0.2) is 33.7 Å². The molecule has 1 aromatic heterocycles. The van der Waals surface area contributed by atoms with Crippen molar-refractivity contribution >= 4 is 15.8 Å². The van der Waals surface area contributed by atoms with Gasteiger partial charge in [0.1, 0.15) is 22.2 Å². The second-order valence-electron chi connectivity index (χ2n) is 5.27. The zero-order valence-electron chi connectivity index (χ0n) is 11.9. The van der Waals surface area contributed by atoms with Gasteiger partial charge in [0, 0.05) is 12.1 Å². The summed E-state index contributed by atoms with van der Waals surface area (Å²) in [4.78, 5) is -0.466. The van der Waals surface area contributed by atoms with Gasteiger partial charge in [-0.1, -0.05) is 5.16 Å². The number of halogens is 1. The van der Waals surface area contributed by atoms with Crippen molar-refractivity contribution in [1.82, 2.24) is 5.16 Å². The number of hydrogen-bond donors (Lipinski definition) is 1. The van der Waals surface area contributed by atoms with Crippen LogP contribution < -0.4 is 9.46 Å². The highest BCUT2D eigenvalue weighted by atomic mass is 32.2. The standard InChI is InChI=1S/C14H15FN2O4S/c1-9-6-14(16-21-9)17-22(18,19)13-5-4-11(7-12(13)15)20-8-10-2-3-10/h4-7,10H,2-3,8H2,1H3,(H,16,17). The van der Waals surface area contributed by atoms with Gasteiger partial charge in [0.2, 0.25) is 0 Å². The van der Waals surface area contributed by atoms with E-state index in [0.29, 0.717) is 24.0 Å². The van der Waals surface area contributed by atoms with Gasteiger partial charge in [-0.15, -0.1) is 0 Å². The first-order valence-electron chi connectivity index (χ1n) is 6.82. The predicted molar refractivity (Wildman–Crippen MR) is 76.7 cm³/mol. The Kier molecular flexibility index (Phi) is 3.78. The highest BCUT2D eigenvalue weighted by Crippen LogP contribution is 2.30. The van der Waals surface area contributed by atoms with Crippen molar-refractivity contribution in [2.45, 2.75) is 24.7 Å². The first-order chi connectivity index (χ1) is 10.4. The van der Waals surface area contributed by atoms with Crippen molar-refractivity contribution in [3.63, 3.8) is 0 Å². The minimum absolute atomic E-state index is 0.00552. The summed E-state index contributed by atoms with van der Waals surface area (Å²) in [5, 5.41) is 3.52. The molecule has 118 valence electrons. The van der Waals surface area contributed by atoms with Crippen LogP contribution in [-0.2, 0) is 10.0 Å². The predicted octanol–water partition coefficient (Wildman–Crippen LogP) is 2.71. The molecule has 1 aliphatic rings. The van der Waals surface area contributed by atoms with Crippen molar-refractivity contribution in [2.75, 3.05) is 11.3 Å². The fourth-order valence-electron chi connectivity index (χ4n) is 1.90. The van der Waals surface area contributed by atoms with Gasteiger partial charge in [-0.3, -0.25) is 4.72 Å². The van der Waals surface area contributed by atoms with Gasteiger partial charge in [-0.05, 0) is 37.8 Å². The molecule has 22 heavy (non-hydrogen) atoms. The number of hydrogen-bond acceptors (Lipinski definition) is 5. The third kappa shape index (κ3) is 3.38. The zero-order valence-corrected chi connectivity index (χ0v) is 12.7. The van der Waals surface area contributed by atoms with E-state index in [0.717, 1.165) is 18.9 Å². The molecule has 0 unspecified atom stereocenters. The smallest absolute Gasteiger partial charge is 0.266 e.